The van der Waals surface area contributed by atoms with Crippen molar-refractivity contribution in [3.8, 4) is 0 Å². The fourth-order valence-corrected chi connectivity index (χ4v) is 1.55. The van der Waals surface area contributed by atoms with Crippen LogP contribution >= 0.6 is 0 Å². The number of nitrogens with zero attached hydrogens (tertiary/aromatic N) is 2. The molecule has 0 rings (SSSR count). The highest BCUT2D eigenvalue weighted by Crippen LogP contribution is 2.19. The Kier molecular flexibility index (Phi) is 7.74. The molecule has 0 unspecified atom stereocenters. The van der Waals surface area contributed by atoms with E-state index in [4.69, 9.17) is 16.4 Å². The molecular formula is C13H24N4O2. The van der Waals surface area contributed by atoms with Crippen molar-refractivity contribution < 1.29 is 9.53 Å². The van der Waals surface area contributed by atoms with E-state index < -0.39 is 6.03 Å². The van der Waals surface area contributed by atoms with E-state index in [0.29, 0.717) is 12.3 Å². The molecule has 0 aliphatic rings. The summed E-state index contributed by atoms with van der Waals surface area (Å²) in [5.74, 6) is 11.2. The molecule has 0 aliphatic heterocycles. The Balaban J connectivity index is 5.54. The lowest BCUT2D eigenvalue weighted by atomic mass is 10.0. The zero-order chi connectivity index (χ0) is 15.0. The van der Waals surface area contributed by atoms with E-state index in [2.05, 4.69) is 6.58 Å². The number of hydrogen-bond donors (Lipinski definition) is 2. The van der Waals surface area contributed by atoms with Crippen molar-refractivity contribution in [1.82, 2.24) is 10.0 Å². The number of urea groups is 1. The smallest absolute Gasteiger partial charge is 0.352 e. The Labute approximate surface area is 114 Å². The molecule has 0 saturated heterocycles. The van der Waals surface area contributed by atoms with Gasteiger partial charge < -0.3 is 4.74 Å². The third-order valence-corrected chi connectivity index (χ3v) is 2.59. The molecule has 0 spiro atoms. The van der Waals surface area contributed by atoms with Gasteiger partial charge in [-0.25, -0.2) is 21.5 Å². The maximum atomic E-state index is 11.7. The molecule has 19 heavy (non-hydrogen) atoms. The average Bonchev–Trinajstić information content (AvgIpc) is 2.40. The number of hydrogen-bond acceptors (Lipinski definition) is 4. The number of allylic oxidation sites excluding steroid dienone is 3. The van der Waals surface area contributed by atoms with E-state index >= 15 is 0 Å². The van der Waals surface area contributed by atoms with Gasteiger partial charge in [0, 0.05) is 25.4 Å². The minimum Gasteiger partial charge on any atom is -0.380 e. The van der Waals surface area contributed by atoms with Gasteiger partial charge in [0.2, 0.25) is 0 Å². The van der Waals surface area contributed by atoms with Gasteiger partial charge in [0.25, 0.3) is 0 Å². The van der Waals surface area contributed by atoms with Crippen molar-refractivity contribution >= 4 is 6.03 Å². The highest BCUT2D eigenvalue weighted by Gasteiger charge is 2.18. The van der Waals surface area contributed by atoms with Crippen LogP contribution in [0.15, 0.2) is 35.6 Å². The van der Waals surface area contributed by atoms with Gasteiger partial charge in [0.15, 0.2) is 0 Å². The second-order valence-electron chi connectivity index (χ2n) is 4.03. The Morgan fingerprint density at radius 2 is 2.00 bits per heavy atom. The number of nitrogens with two attached hydrogens (primary N) is 2. The highest BCUT2D eigenvalue weighted by atomic mass is 16.5. The van der Waals surface area contributed by atoms with E-state index in [9.17, 15) is 4.79 Å². The summed E-state index contributed by atoms with van der Waals surface area (Å²) in [6.07, 6.45) is 4.55. The van der Waals surface area contributed by atoms with E-state index in [0.717, 1.165) is 27.6 Å². The molecule has 0 saturated carbocycles. The van der Waals surface area contributed by atoms with Gasteiger partial charge in [0.1, 0.15) is 0 Å². The van der Waals surface area contributed by atoms with Crippen LogP contribution in [0.2, 0.25) is 0 Å². The maximum absolute atomic E-state index is 11.7. The summed E-state index contributed by atoms with van der Waals surface area (Å²) in [5.41, 5.74) is 2.27. The number of methoxy groups -OCH3 is 1. The third kappa shape index (κ3) is 4.86. The minimum atomic E-state index is -0.508. The molecule has 4 N–H and O–H groups in total. The largest absolute Gasteiger partial charge is 0.380 e. The summed E-state index contributed by atoms with van der Waals surface area (Å²) >= 11 is 0. The van der Waals surface area contributed by atoms with Crippen LogP contribution in [-0.2, 0) is 4.74 Å². The minimum absolute atomic E-state index is 0.332. The fourth-order valence-electron chi connectivity index (χ4n) is 1.55. The van der Waals surface area contributed by atoms with Gasteiger partial charge in [-0.15, -0.1) is 0 Å². The van der Waals surface area contributed by atoms with Crippen molar-refractivity contribution in [3.63, 3.8) is 0 Å². The fraction of sp³-hybridized carbons (Fsp3) is 0.462. The first-order valence-corrected chi connectivity index (χ1v) is 5.99. The summed E-state index contributed by atoms with van der Waals surface area (Å²) < 4.78 is 5.16. The summed E-state index contributed by atoms with van der Waals surface area (Å²) in [6.45, 7) is 7.85. The molecule has 0 bridgehead atoms. The quantitative estimate of drug-likeness (QED) is 0.331. The van der Waals surface area contributed by atoms with Crippen molar-refractivity contribution in [1.29, 1.82) is 0 Å². The topological polar surface area (TPSA) is 84.8 Å². The lowest BCUT2D eigenvalue weighted by molar-refractivity contribution is 0.175. The molecule has 0 radical (unpaired) electrons. The number of ether oxygens (including phenoxy) is 1. The van der Waals surface area contributed by atoms with Crippen molar-refractivity contribution in [2.24, 2.45) is 11.7 Å². The summed E-state index contributed by atoms with van der Waals surface area (Å²) in [5, 5.41) is 1.92. The molecule has 0 aromatic carbocycles. The molecule has 6 nitrogen and oxygen atoms in total. The summed E-state index contributed by atoms with van der Waals surface area (Å²) in [6, 6.07) is -0.508. The second-order valence-corrected chi connectivity index (χ2v) is 4.03. The Morgan fingerprint density at radius 1 is 1.42 bits per heavy atom. The lowest BCUT2D eigenvalue weighted by Crippen LogP contribution is -2.47. The molecule has 0 aromatic rings. The Bertz CT molecular complexity index is 386. The normalized spacial score (nSPS) is 12.8. The number of rotatable bonds is 6. The molecule has 0 aromatic heterocycles. The predicted molar refractivity (Wildman–Crippen MR) is 76.5 cm³/mol. The lowest BCUT2D eigenvalue weighted by Gasteiger charge is -2.24. The van der Waals surface area contributed by atoms with Gasteiger partial charge in [-0.1, -0.05) is 25.7 Å². The van der Waals surface area contributed by atoms with Crippen LogP contribution in [0, 0.1) is 0 Å². The van der Waals surface area contributed by atoms with Crippen molar-refractivity contribution in [3.05, 3.63) is 35.6 Å². The van der Waals surface area contributed by atoms with Gasteiger partial charge >= 0.3 is 6.03 Å². The predicted octanol–water partition coefficient (Wildman–Crippen LogP) is 1.53. The summed E-state index contributed by atoms with van der Waals surface area (Å²) in [4.78, 5) is 11.7. The van der Waals surface area contributed by atoms with Gasteiger partial charge in [0.05, 0.1) is 6.61 Å². The highest BCUT2D eigenvalue weighted by molar-refractivity contribution is 5.75. The van der Waals surface area contributed by atoms with E-state index in [1.807, 2.05) is 13.0 Å². The van der Waals surface area contributed by atoms with Crippen molar-refractivity contribution in [2.45, 2.75) is 20.3 Å². The monoisotopic (exact) mass is 268 g/mol. The average molecular weight is 268 g/mol. The SMILES string of the molecule is C=CC(=C/CC)/C(COC)=C(\C)N(N)C(=O)N(C)N. The van der Waals surface area contributed by atoms with Crippen LogP contribution < -0.4 is 11.7 Å². The van der Waals surface area contributed by atoms with E-state index in [1.54, 1.807) is 20.1 Å². The van der Waals surface area contributed by atoms with Gasteiger partial charge in [-0.2, -0.15) is 0 Å². The van der Waals surface area contributed by atoms with Gasteiger partial charge in [-0.3, -0.25) is 5.01 Å². The standard InChI is InChI=1S/C13H24N4O2/c1-6-8-11(7-2)12(9-19-5)10(3)17(15)13(18)16(4)14/h7-8H,2,6,9,14-15H2,1,3-5H3/b11-8-,12-10+. The van der Waals surface area contributed by atoms with E-state index in [-0.39, 0.29) is 0 Å². The van der Waals surface area contributed by atoms with Crippen LogP contribution in [0.5, 0.6) is 0 Å². The zero-order valence-electron chi connectivity index (χ0n) is 12.1. The zero-order valence-corrected chi connectivity index (χ0v) is 12.1. The molecule has 0 heterocycles. The molecule has 6 heteroatoms. The first-order chi connectivity index (χ1) is 8.90. The van der Waals surface area contributed by atoms with Crippen LogP contribution in [0.4, 0.5) is 4.79 Å². The molecule has 108 valence electrons. The Morgan fingerprint density at radius 3 is 2.37 bits per heavy atom. The molecule has 2 amide bonds. The number of hydrazine groups is 2. The molecule has 0 atom stereocenters. The molecule has 0 fully saturated rings. The van der Waals surface area contributed by atoms with Crippen molar-refractivity contribution in [2.75, 3.05) is 20.8 Å². The van der Waals surface area contributed by atoms with Crippen LogP contribution in [0.1, 0.15) is 20.3 Å². The molecule has 0 aliphatic carbocycles. The van der Waals surface area contributed by atoms with Crippen LogP contribution in [-0.4, -0.2) is 36.8 Å². The molecular weight excluding hydrogens is 244 g/mol. The second kappa shape index (κ2) is 8.47. The van der Waals surface area contributed by atoms with Gasteiger partial charge in [-0.05, 0) is 18.9 Å². The van der Waals surface area contributed by atoms with Crippen LogP contribution in [0.25, 0.3) is 0 Å². The Hall–Kier alpha value is -1.63. The number of carbonyl (C=O) groups excluding carboxylic acids is 1. The maximum Gasteiger partial charge on any atom is 0.352 e. The third-order valence-electron chi connectivity index (χ3n) is 2.59. The number of carbonyl (C=O) groups is 1. The summed E-state index contributed by atoms with van der Waals surface area (Å²) in [7, 11) is 3.01. The first kappa shape index (κ1) is 17.4. The first-order valence-electron chi connectivity index (χ1n) is 5.99. The van der Waals surface area contributed by atoms with Crippen LogP contribution in [0.3, 0.4) is 0 Å². The number of amides is 2. The van der Waals surface area contributed by atoms with E-state index in [1.165, 1.54) is 7.05 Å².